The molecule has 0 fully saturated rings. The molecule has 0 unspecified atom stereocenters. The number of carbonyl (C=O) groups is 1. The van der Waals surface area contributed by atoms with Gasteiger partial charge in [-0.2, -0.15) is 5.26 Å². The molecule has 0 atom stereocenters. The minimum atomic E-state index is -0.475. The molecule has 0 heterocycles. The van der Waals surface area contributed by atoms with Gasteiger partial charge in [0.05, 0.1) is 18.2 Å². The molecule has 72 valence electrons. The van der Waals surface area contributed by atoms with E-state index in [1.807, 2.05) is 12.3 Å². The first-order valence-corrected chi connectivity index (χ1v) is 5.12. The van der Waals surface area contributed by atoms with Crippen LogP contribution in [0.15, 0.2) is 23.1 Å². The van der Waals surface area contributed by atoms with Crippen molar-refractivity contribution in [3.05, 3.63) is 29.3 Å². The maximum Gasteiger partial charge on any atom is 0.339 e. The van der Waals surface area contributed by atoms with Gasteiger partial charge in [0, 0.05) is 4.90 Å². The molecule has 14 heavy (non-hydrogen) atoms. The number of hydrogen-bond acceptors (Lipinski definition) is 4. The Kier molecular flexibility index (Phi) is 3.55. The van der Waals surface area contributed by atoms with E-state index in [4.69, 9.17) is 5.26 Å². The topological polar surface area (TPSA) is 50.1 Å². The molecule has 0 radical (unpaired) electrons. The standard InChI is InChI=1S/C10H9NO2S/c1-13-10(12)9-5-8(14-2)4-3-7(9)6-11/h3-5H,1-2H3. The molecular weight excluding hydrogens is 198 g/mol. The van der Waals surface area contributed by atoms with Crippen molar-refractivity contribution in [1.29, 1.82) is 5.26 Å². The third-order valence-electron chi connectivity index (χ3n) is 1.75. The highest BCUT2D eigenvalue weighted by atomic mass is 32.2. The van der Waals surface area contributed by atoms with Gasteiger partial charge in [0.1, 0.15) is 6.07 Å². The summed E-state index contributed by atoms with van der Waals surface area (Å²) in [7, 11) is 1.30. The van der Waals surface area contributed by atoms with Crippen molar-refractivity contribution in [2.45, 2.75) is 4.90 Å². The van der Waals surface area contributed by atoms with Crippen LogP contribution in [0.3, 0.4) is 0 Å². The Balaban J connectivity index is 3.23. The van der Waals surface area contributed by atoms with E-state index in [2.05, 4.69) is 4.74 Å². The summed E-state index contributed by atoms with van der Waals surface area (Å²) in [5, 5.41) is 8.76. The van der Waals surface area contributed by atoms with E-state index in [0.29, 0.717) is 11.1 Å². The zero-order valence-corrected chi connectivity index (χ0v) is 8.72. The predicted molar refractivity (Wildman–Crippen MR) is 54.3 cm³/mol. The lowest BCUT2D eigenvalue weighted by Crippen LogP contribution is -2.04. The highest BCUT2D eigenvalue weighted by molar-refractivity contribution is 7.98. The number of hydrogen-bond donors (Lipinski definition) is 0. The molecule has 0 saturated carbocycles. The lowest BCUT2D eigenvalue weighted by Gasteiger charge is -2.03. The maximum absolute atomic E-state index is 11.3. The molecule has 3 nitrogen and oxygen atoms in total. The highest BCUT2D eigenvalue weighted by Crippen LogP contribution is 2.19. The Morgan fingerprint density at radius 2 is 2.29 bits per heavy atom. The van der Waals surface area contributed by atoms with Crippen molar-refractivity contribution in [2.24, 2.45) is 0 Å². The SMILES string of the molecule is COC(=O)c1cc(SC)ccc1C#N. The van der Waals surface area contributed by atoms with Crippen LogP contribution in [-0.4, -0.2) is 19.3 Å². The third-order valence-corrected chi connectivity index (χ3v) is 2.48. The third kappa shape index (κ3) is 2.06. The van der Waals surface area contributed by atoms with Crippen molar-refractivity contribution in [3.63, 3.8) is 0 Å². The van der Waals surface area contributed by atoms with Crippen LogP contribution >= 0.6 is 11.8 Å². The van der Waals surface area contributed by atoms with Crippen LogP contribution in [0.1, 0.15) is 15.9 Å². The zero-order chi connectivity index (χ0) is 10.6. The second-order valence-corrected chi connectivity index (χ2v) is 3.39. The fourth-order valence-electron chi connectivity index (χ4n) is 1.03. The Morgan fingerprint density at radius 3 is 2.79 bits per heavy atom. The van der Waals surface area contributed by atoms with Crippen molar-refractivity contribution in [3.8, 4) is 6.07 Å². The molecule has 4 heteroatoms. The van der Waals surface area contributed by atoms with E-state index in [9.17, 15) is 4.79 Å². The van der Waals surface area contributed by atoms with E-state index in [1.54, 1.807) is 18.2 Å². The second kappa shape index (κ2) is 4.68. The van der Waals surface area contributed by atoms with E-state index in [-0.39, 0.29) is 0 Å². The molecule has 0 spiro atoms. The molecule has 0 aliphatic carbocycles. The number of nitrogens with zero attached hydrogens (tertiary/aromatic N) is 1. The van der Waals surface area contributed by atoms with Crippen LogP contribution in [0.5, 0.6) is 0 Å². The molecular formula is C10H9NO2S. The molecule has 0 aliphatic heterocycles. The number of ether oxygens (including phenoxy) is 1. The van der Waals surface area contributed by atoms with Crippen LogP contribution in [-0.2, 0) is 4.74 Å². The molecule has 0 amide bonds. The largest absolute Gasteiger partial charge is 0.465 e. The van der Waals surface area contributed by atoms with Crippen LogP contribution in [0.4, 0.5) is 0 Å². The normalized spacial score (nSPS) is 9.21. The molecule has 1 rings (SSSR count). The summed E-state index contributed by atoms with van der Waals surface area (Å²) in [6.45, 7) is 0. The van der Waals surface area contributed by atoms with Crippen molar-refractivity contribution < 1.29 is 9.53 Å². The molecule has 1 aromatic carbocycles. The lowest BCUT2D eigenvalue weighted by atomic mass is 10.1. The fourth-order valence-corrected chi connectivity index (χ4v) is 1.47. The van der Waals surface area contributed by atoms with E-state index >= 15 is 0 Å². The minimum Gasteiger partial charge on any atom is -0.465 e. The van der Waals surface area contributed by atoms with Gasteiger partial charge in [-0.3, -0.25) is 0 Å². The maximum atomic E-state index is 11.3. The number of nitriles is 1. The average molecular weight is 207 g/mol. The average Bonchev–Trinajstić information content (AvgIpc) is 2.27. The van der Waals surface area contributed by atoms with E-state index < -0.39 is 5.97 Å². The van der Waals surface area contributed by atoms with Gasteiger partial charge < -0.3 is 4.74 Å². The first-order chi connectivity index (χ1) is 6.72. The molecule has 0 aliphatic rings. The number of rotatable bonds is 2. The van der Waals surface area contributed by atoms with E-state index in [0.717, 1.165) is 4.90 Å². The number of thioether (sulfide) groups is 1. The number of esters is 1. The smallest absolute Gasteiger partial charge is 0.339 e. The molecule has 0 saturated heterocycles. The van der Waals surface area contributed by atoms with Crippen molar-refractivity contribution in [2.75, 3.05) is 13.4 Å². The second-order valence-electron chi connectivity index (χ2n) is 2.51. The monoisotopic (exact) mass is 207 g/mol. The van der Waals surface area contributed by atoms with Crippen LogP contribution in [0.25, 0.3) is 0 Å². The summed E-state index contributed by atoms with van der Waals surface area (Å²) < 4.78 is 4.58. The van der Waals surface area contributed by atoms with Gasteiger partial charge in [-0.15, -0.1) is 11.8 Å². The summed E-state index contributed by atoms with van der Waals surface area (Å²) in [6.07, 6.45) is 1.91. The van der Waals surface area contributed by atoms with Gasteiger partial charge in [0.15, 0.2) is 0 Å². The molecule has 0 bridgehead atoms. The Morgan fingerprint density at radius 1 is 1.57 bits per heavy atom. The Bertz CT molecular complexity index is 396. The minimum absolute atomic E-state index is 0.321. The molecule has 0 N–H and O–H groups in total. The van der Waals surface area contributed by atoms with Crippen LogP contribution in [0, 0.1) is 11.3 Å². The fraction of sp³-hybridized carbons (Fsp3) is 0.200. The summed E-state index contributed by atoms with van der Waals surface area (Å²) in [5.74, 6) is -0.475. The van der Waals surface area contributed by atoms with Gasteiger partial charge >= 0.3 is 5.97 Å². The summed E-state index contributed by atoms with van der Waals surface area (Å²) in [5.41, 5.74) is 0.663. The van der Waals surface area contributed by atoms with Crippen LogP contribution < -0.4 is 0 Å². The Labute approximate surface area is 86.7 Å². The van der Waals surface area contributed by atoms with Gasteiger partial charge in [-0.25, -0.2) is 4.79 Å². The van der Waals surface area contributed by atoms with Gasteiger partial charge in [0.25, 0.3) is 0 Å². The number of benzene rings is 1. The number of methoxy groups -OCH3 is 1. The summed E-state index contributed by atoms with van der Waals surface area (Å²) in [6, 6.07) is 7.04. The first kappa shape index (κ1) is 10.6. The van der Waals surface area contributed by atoms with E-state index in [1.165, 1.54) is 18.9 Å². The van der Waals surface area contributed by atoms with Crippen LogP contribution in [0.2, 0.25) is 0 Å². The lowest BCUT2D eigenvalue weighted by molar-refractivity contribution is 0.0600. The predicted octanol–water partition coefficient (Wildman–Crippen LogP) is 2.07. The quantitative estimate of drug-likeness (QED) is 0.550. The van der Waals surface area contributed by atoms with Crippen molar-refractivity contribution in [1.82, 2.24) is 0 Å². The van der Waals surface area contributed by atoms with Gasteiger partial charge in [-0.05, 0) is 24.5 Å². The highest BCUT2D eigenvalue weighted by Gasteiger charge is 2.11. The zero-order valence-electron chi connectivity index (χ0n) is 7.90. The summed E-state index contributed by atoms with van der Waals surface area (Å²) in [4.78, 5) is 12.2. The van der Waals surface area contributed by atoms with Crippen molar-refractivity contribution >= 4 is 17.7 Å². The number of carbonyl (C=O) groups excluding carboxylic acids is 1. The van der Waals surface area contributed by atoms with Gasteiger partial charge in [-0.1, -0.05) is 0 Å². The molecule has 1 aromatic rings. The summed E-state index contributed by atoms with van der Waals surface area (Å²) >= 11 is 1.51. The molecule has 0 aromatic heterocycles. The first-order valence-electron chi connectivity index (χ1n) is 3.89. The Hall–Kier alpha value is -1.47. The van der Waals surface area contributed by atoms with Gasteiger partial charge in [0.2, 0.25) is 0 Å².